The molecule has 0 spiro atoms. The molecule has 0 aliphatic rings. The zero-order chi connectivity index (χ0) is 15.2. The summed E-state index contributed by atoms with van der Waals surface area (Å²) in [7, 11) is 1.74. The molecule has 0 atom stereocenters. The molecule has 0 radical (unpaired) electrons. The van der Waals surface area contributed by atoms with Gasteiger partial charge in [-0.15, -0.1) is 0 Å². The van der Waals surface area contributed by atoms with Gasteiger partial charge in [-0.25, -0.2) is 5.43 Å². The highest BCUT2D eigenvalue weighted by atomic mass is 35.5. The molecule has 2 aromatic rings. The molecule has 2 aromatic carbocycles. The third-order valence-corrected chi connectivity index (χ3v) is 3.04. The highest BCUT2D eigenvalue weighted by Gasteiger charge is 2.08. The molecule has 0 heterocycles. The van der Waals surface area contributed by atoms with Gasteiger partial charge in [0.15, 0.2) is 0 Å². The first kappa shape index (κ1) is 14.9. The number of anilines is 1. The number of nitrogens with one attached hydrogen (secondary N) is 2. The van der Waals surface area contributed by atoms with Crippen molar-refractivity contribution in [3.8, 4) is 5.75 Å². The monoisotopic (exact) mass is 303 g/mol. The lowest BCUT2D eigenvalue weighted by molar-refractivity contribution is 0.0956. The number of carbonyl (C=O) groups excluding carboxylic acids is 1. The van der Waals surface area contributed by atoms with Crippen molar-refractivity contribution in [2.45, 2.75) is 0 Å². The number of phenolic OH excluding ortho intramolecular Hbond substituents is 1. The standard InChI is InChI=1S/C15H14ClN3O2/c1-17-13-5-3-2-4-12(13)15(21)19-18-9-10-8-11(16)6-7-14(10)20/h2-9,17,20H,1H3,(H,19,21)/b18-9+. The summed E-state index contributed by atoms with van der Waals surface area (Å²) in [5, 5.41) is 16.9. The molecule has 3 N–H and O–H groups in total. The number of hydrogen-bond acceptors (Lipinski definition) is 4. The second-order valence-corrected chi connectivity index (χ2v) is 4.63. The van der Waals surface area contributed by atoms with Crippen molar-refractivity contribution in [3.63, 3.8) is 0 Å². The first-order chi connectivity index (χ1) is 10.1. The van der Waals surface area contributed by atoms with E-state index in [2.05, 4.69) is 15.8 Å². The van der Waals surface area contributed by atoms with Crippen LogP contribution < -0.4 is 10.7 Å². The highest BCUT2D eigenvalue weighted by molar-refractivity contribution is 6.30. The molecule has 0 aliphatic heterocycles. The van der Waals surface area contributed by atoms with E-state index in [-0.39, 0.29) is 11.7 Å². The number of para-hydroxylation sites is 1. The molecule has 0 saturated carbocycles. The number of nitrogens with zero attached hydrogens (tertiary/aromatic N) is 1. The van der Waals surface area contributed by atoms with Crippen molar-refractivity contribution in [2.24, 2.45) is 5.10 Å². The van der Waals surface area contributed by atoms with E-state index < -0.39 is 0 Å². The largest absolute Gasteiger partial charge is 0.507 e. The third-order valence-electron chi connectivity index (χ3n) is 2.80. The van der Waals surface area contributed by atoms with Gasteiger partial charge in [0.25, 0.3) is 5.91 Å². The summed E-state index contributed by atoms with van der Waals surface area (Å²) in [6.45, 7) is 0. The van der Waals surface area contributed by atoms with Crippen molar-refractivity contribution in [3.05, 3.63) is 58.6 Å². The highest BCUT2D eigenvalue weighted by Crippen LogP contribution is 2.19. The minimum Gasteiger partial charge on any atom is -0.507 e. The summed E-state index contributed by atoms with van der Waals surface area (Å²) < 4.78 is 0. The fourth-order valence-corrected chi connectivity index (χ4v) is 1.93. The van der Waals surface area contributed by atoms with E-state index in [0.717, 1.165) is 0 Å². The number of aromatic hydroxyl groups is 1. The molecule has 0 aromatic heterocycles. The van der Waals surface area contributed by atoms with Crippen LogP contribution in [0, 0.1) is 0 Å². The number of hydrazone groups is 1. The Bertz CT molecular complexity index is 686. The first-order valence-electron chi connectivity index (χ1n) is 6.20. The molecular formula is C15H14ClN3O2. The zero-order valence-electron chi connectivity index (χ0n) is 11.3. The molecule has 6 heteroatoms. The summed E-state index contributed by atoms with van der Waals surface area (Å²) >= 11 is 5.83. The Kier molecular flexibility index (Phi) is 4.79. The van der Waals surface area contributed by atoms with Gasteiger partial charge in [0.05, 0.1) is 11.8 Å². The fraction of sp³-hybridized carbons (Fsp3) is 0.0667. The molecule has 0 saturated heterocycles. The van der Waals surface area contributed by atoms with Gasteiger partial charge in [-0.2, -0.15) is 5.10 Å². The molecule has 0 bridgehead atoms. The van der Waals surface area contributed by atoms with E-state index in [9.17, 15) is 9.90 Å². The number of benzene rings is 2. The number of phenols is 1. The van der Waals surface area contributed by atoms with Gasteiger partial charge in [-0.1, -0.05) is 23.7 Å². The third kappa shape index (κ3) is 3.73. The van der Waals surface area contributed by atoms with Crippen LogP contribution in [0.25, 0.3) is 0 Å². The number of halogens is 1. The second kappa shape index (κ2) is 6.76. The number of hydrogen-bond donors (Lipinski definition) is 3. The predicted octanol–water partition coefficient (Wildman–Crippen LogP) is 2.85. The van der Waals surface area contributed by atoms with Crippen molar-refractivity contribution in [1.82, 2.24) is 5.43 Å². The molecule has 5 nitrogen and oxygen atoms in total. The maximum Gasteiger partial charge on any atom is 0.273 e. The minimum absolute atomic E-state index is 0.0352. The van der Waals surface area contributed by atoms with E-state index in [4.69, 9.17) is 11.6 Å². The SMILES string of the molecule is CNc1ccccc1C(=O)N/N=C/c1cc(Cl)ccc1O. The molecule has 108 valence electrons. The van der Waals surface area contributed by atoms with Gasteiger partial charge < -0.3 is 10.4 Å². The Labute approximate surface area is 127 Å². The smallest absolute Gasteiger partial charge is 0.273 e. The maximum atomic E-state index is 12.0. The normalized spacial score (nSPS) is 10.6. The molecular weight excluding hydrogens is 290 g/mol. The second-order valence-electron chi connectivity index (χ2n) is 4.20. The van der Waals surface area contributed by atoms with Crippen molar-refractivity contribution in [1.29, 1.82) is 0 Å². The zero-order valence-corrected chi connectivity index (χ0v) is 12.1. The van der Waals surface area contributed by atoms with Crippen LogP contribution in [0.15, 0.2) is 47.6 Å². The van der Waals surface area contributed by atoms with E-state index >= 15 is 0 Å². The average molecular weight is 304 g/mol. The topological polar surface area (TPSA) is 73.7 Å². The summed E-state index contributed by atoms with van der Waals surface area (Å²) in [6.07, 6.45) is 1.33. The maximum absolute atomic E-state index is 12.0. The van der Waals surface area contributed by atoms with Crippen LogP contribution in [0.1, 0.15) is 15.9 Å². The predicted molar refractivity (Wildman–Crippen MR) is 84.2 cm³/mol. The Morgan fingerprint density at radius 3 is 2.81 bits per heavy atom. The molecule has 21 heavy (non-hydrogen) atoms. The molecule has 0 unspecified atom stereocenters. The lowest BCUT2D eigenvalue weighted by Gasteiger charge is -2.06. The van der Waals surface area contributed by atoms with Crippen molar-refractivity contribution < 1.29 is 9.90 Å². The van der Waals surface area contributed by atoms with E-state index in [1.807, 2.05) is 6.07 Å². The quantitative estimate of drug-likeness (QED) is 0.600. The van der Waals surface area contributed by atoms with Crippen molar-refractivity contribution >= 4 is 29.4 Å². The van der Waals surface area contributed by atoms with E-state index in [1.54, 1.807) is 37.4 Å². The van der Waals surface area contributed by atoms with Crippen LogP contribution in [0.4, 0.5) is 5.69 Å². The fourth-order valence-electron chi connectivity index (χ4n) is 1.75. The van der Waals surface area contributed by atoms with Gasteiger partial charge >= 0.3 is 0 Å². The Hall–Kier alpha value is -2.53. The van der Waals surface area contributed by atoms with Crippen molar-refractivity contribution in [2.75, 3.05) is 12.4 Å². The Morgan fingerprint density at radius 1 is 1.29 bits per heavy atom. The van der Waals surface area contributed by atoms with Gasteiger partial charge in [-0.3, -0.25) is 4.79 Å². The summed E-state index contributed by atoms with van der Waals surface area (Å²) in [6, 6.07) is 11.7. The summed E-state index contributed by atoms with van der Waals surface area (Å²) in [5.74, 6) is -0.314. The van der Waals surface area contributed by atoms with E-state index in [0.29, 0.717) is 21.8 Å². The number of amides is 1. The van der Waals surface area contributed by atoms with Crippen LogP contribution in [-0.4, -0.2) is 24.3 Å². The van der Waals surface area contributed by atoms with Crippen LogP contribution in [0.3, 0.4) is 0 Å². The van der Waals surface area contributed by atoms with Gasteiger partial charge in [-0.05, 0) is 30.3 Å². The molecule has 2 rings (SSSR count). The Balaban J connectivity index is 2.10. The van der Waals surface area contributed by atoms with Crippen LogP contribution in [-0.2, 0) is 0 Å². The lowest BCUT2D eigenvalue weighted by Crippen LogP contribution is -2.18. The van der Waals surface area contributed by atoms with Crippen LogP contribution in [0.5, 0.6) is 5.75 Å². The minimum atomic E-state index is -0.349. The van der Waals surface area contributed by atoms with Crippen LogP contribution >= 0.6 is 11.6 Å². The van der Waals surface area contributed by atoms with Gasteiger partial charge in [0.1, 0.15) is 5.75 Å². The first-order valence-corrected chi connectivity index (χ1v) is 6.58. The lowest BCUT2D eigenvalue weighted by atomic mass is 10.1. The average Bonchev–Trinajstić information content (AvgIpc) is 2.50. The van der Waals surface area contributed by atoms with Gasteiger partial charge in [0, 0.05) is 23.3 Å². The molecule has 0 fully saturated rings. The molecule has 0 aliphatic carbocycles. The van der Waals surface area contributed by atoms with Crippen LogP contribution in [0.2, 0.25) is 5.02 Å². The van der Waals surface area contributed by atoms with Gasteiger partial charge in [0.2, 0.25) is 0 Å². The summed E-state index contributed by atoms with van der Waals surface area (Å²) in [4.78, 5) is 12.0. The Morgan fingerprint density at radius 2 is 2.05 bits per heavy atom. The number of carbonyl (C=O) groups is 1. The van der Waals surface area contributed by atoms with E-state index in [1.165, 1.54) is 12.3 Å². The molecule has 1 amide bonds. The summed E-state index contributed by atoms with van der Waals surface area (Å²) in [5.41, 5.74) is 4.01. The number of rotatable bonds is 4.